The van der Waals surface area contributed by atoms with E-state index >= 15 is 0 Å². The first kappa shape index (κ1) is 16.8. The van der Waals surface area contributed by atoms with Crippen molar-refractivity contribution in [3.05, 3.63) is 72.5 Å². The maximum Gasteiger partial charge on any atom is 1.00 e. The zero-order valence-corrected chi connectivity index (χ0v) is 14.4. The predicted molar refractivity (Wildman–Crippen MR) is 79.5 cm³/mol. The molecular formula is C18H15NaO3. The maximum atomic E-state index is 11.6. The fraction of sp³-hybridized carbons (Fsp3) is 0.167. The summed E-state index contributed by atoms with van der Waals surface area (Å²) < 4.78 is 5.43. The second-order valence-corrected chi connectivity index (χ2v) is 5.06. The molecule has 0 spiro atoms. The minimum Gasteiger partial charge on any atom is -0.549 e. The van der Waals surface area contributed by atoms with Crippen molar-refractivity contribution in [2.24, 2.45) is 0 Å². The molecule has 106 valence electrons. The Morgan fingerprint density at radius 1 is 1.14 bits per heavy atom. The molecule has 0 bridgehead atoms. The number of hydrogen-bond donors (Lipinski definition) is 0. The number of fused-ring (bicyclic) bond motifs is 1. The SMILES string of the molecule is O=C([O-])C(CC1C=CC=CO1)c1cccc2ccccc12.[Na+]. The number of carbonyl (C=O) groups is 1. The van der Waals surface area contributed by atoms with E-state index in [4.69, 9.17) is 4.74 Å². The van der Waals surface area contributed by atoms with Gasteiger partial charge in [0.2, 0.25) is 0 Å². The van der Waals surface area contributed by atoms with Gasteiger partial charge in [-0.05, 0) is 28.5 Å². The van der Waals surface area contributed by atoms with Crippen LogP contribution in [0, 0.1) is 0 Å². The topological polar surface area (TPSA) is 49.4 Å². The third-order valence-corrected chi connectivity index (χ3v) is 3.72. The predicted octanol–water partition coefficient (Wildman–Crippen LogP) is -0.464. The van der Waals surface area contributed by atoms with Gasteiger partial charge in [0.15, 0.2) is 0 Å². The monoisotopic (exact) mass is 302 g/mol. The van der Waals surface area contributed by atoms with E-state index in [2.05, 4.69) is 0 Å². The molecule has 2 atom stereocenters. The number of carboxylic acid groups (broad SMARTS) is 1. The van der Waals surface area contributed by atoms with Crippen LogP contribution in [0.4, 0.5) is 0 Å². The van der Waals surface area contributed by atoms with Crippen molar-refractivity contribution in [3.63, 3.8) is 0 Å². The summed E-state index contributed by atoms with van der Waals surface area (Å²) in [6.45, 7) is 0. The molecule has 1 aliphatic rings. The van der Waals surface area contributed by atoms with Crippen molar-refractivity contribution in [3.8, 4) is 0 Å². The largest absolute Gasteiger partial charge is 1.00 e. The van der Waals surface area contributed by atoms with Gasteiger partial charge >= 0.3 is 29.6 Å². The molecule has 2 unspecified atom stereocenters. The molecule has 0 N–H and O–H groups in total. The zero-order chi connectivity index (χ0) is 14.7. The zero-order valence-electron chi connectivity index (χ0n) is 12.4. The standard InChI is InChI=1S/C18H16O3.Na/c19-18(20)17(12-14-8-3-4-11-21-14)16-10-5-7-13-6-1-2-9-15(13)16;/h1-11,14,17H,12H2,(H,19,20);/q;+1/p-1. The van der Waals surface area contributed by atoms with E-state index in [0.717, 1.165) is 16.3 Å². The molecule has 0 radical (unpaired) electrons. The van der Waals surface area contributed by atoms with Gasteiger partial charge in [-0.2, -0.15) is 0 Å². The van der Waals surface area contributed by atoms with E-state index in [0.29, 0.717) is 6.42 Å². The van der Waals surface area contributed by atoms with Crippen LogP contribution in [0.2, 0.25) is 0 Å². The number of carboxylic acids is 1. The molecule has 3 nitrogen and oxygen atoms in total. The summed E-state index contributed by atoms with van der Waals surface area (Å²) in [5.74, 6) is -1.77. The number of ether oxygens (including phenoxy) is 1. The van der Waals surface area contributed by atoms with Crippen molar-refractivity contribution in [1.82, 2.24) is 0 Å². The molecule has 0 saturated heterocycles. The summed E-state index contributed by atoms with van der Waals surface area (Å²) >= 11 is 0. The average molecular weight is 302 g/mol. The summed E-state index contributed by atoms with van der Waals surface area (Å²) in [5, 5.41) is 13.6. The van der Waals surface area contributed by atoms with Gasteiger partial charge in [0.05, 0.1) is 6.26 Å². The number of allylic oxidation sites excluding steroid dienone is 2. The summed E-state index contributed by atoms with van der Waals surface area (Å²) in [5.41, 5.74) is 0.777. The van der Waals surface area contributed by atoms with Crippen LogP contribution >= 0.6 is 0 Å². The molecule has 0 amide bonds. The van der Waals surface area contributed by atoms with Crippen LogP contribution < -0.4 is 34.7 Å². The van der Waals surface area contributed by atoms with Gasteiger partial charge in [-0.1, -0.05) is 48.5 Å². The molecule has 4 heteroatoms. The van der Waals surface area contributed by atoms with Gasteiger partial charge in [-0.15, -0.1) is 0 Å². The van der Waals surface area contributed by atoms with Crippen LogP contribution in [0.15, 0.2) is 67.0 Å². The fourth-order valence-electron chi connectivity index (χ4n) is 2.70. The second-order valence-electron chi connectivity index (χ2n) is 5.06. The van der Waals surface area contributed by atoms with Crippen LogP contribution in [0.3, 0.4) is 0 Å². The van der Waals surface area contributed by atoms with E-state index in [-0.39, 0.29) is 35.7 Å². The van der Waals surface area contributed by atoms with Crippen LogP contribution in [0.25, 0.3) is 10.8 Å². The molecular weight excluding hydrogens is 287 g/mol. The Morgan fingerprint density at radius 2 is 1.91 bits per heavy atom. The molecule has 2 aromatic rings. The molecule has 3 rings (SSSR count). The van der Waals surface area contributed by atoms with Crippen molar-refractivity contribution in [1.29, 1.82) is 0 Å². The fourth-order valence-corrected chi connectivity index (χ4v) is 2.70. The van der Waals surface area contributed by atoms with Crippen LogP contribution in [0.5, 0.6) is 0 Å². The van der Waals surface area contributed by atoms with E-state index in [9.17, 15) is 9.90 Å². The van der Waals surface area contributed by atoms with E-state index in [1.807, 2.05) is 54.6 Å². The molecule has 0 aliphatic carbocycles. The Labute approximate surface area is 151 Å². The number of hydrogen-bond acceptors (Lipinski definition) is 3. The molecule has 0 fully saturated rings. The van der Waals surface area contributed by atoms with E-state index in [1.165, 1.54) is 0 Å². The number of benzene rings is 2. The Kier molecular flexibility index (Phi) is 5.83. The minimum atomic E-state index is -1.07. The van der Waals surface area contributed by atoms with Gasteiger partial charge in [-0.3, -0.25) is 0 Å². The minimum absolute atomic E-state index is 0. The van der Waals surface area contributed by atoms with Gasteiger partial charge in [0.25, 0.3) is 0 Å². The third kappa shape index (κ3) is 3.61. The number of aliphatic carboxylic acids is 1. The van der Waals surface area contributed by atoms with Crippen molar-refractivity contribution in [2.45, 2.75) is 18.4 Å². The van der Waals surface area contributed by atoms with Crippen molar-refractivity contribution in [2.75, 3.05) is 0 Å². The summed E-state index contributed by atoms with van der Waals surface area (Å²) in [6.07, 6.45) is 7.21. The molecule has 1 aliphatic heterocycles. The third-order valence-electron chi connectivity index (χ3n) is 3.72. The summed E-state index contributed by atoms with van der Waals surface area (Å²) in [7, 11) is 0. The number of rotatable bonds is 4. The molecule has 0 aromatic heterocycles. The molecule has 0 saturated carbocycles. The Morgan fingerprint density at radius 3 is 2.64 bits per heavy atom. The first-order valence-corrected chi connectivity index (χ1v) is 6.93. The Bertz CT molecular complexity index is 716. The quantitative estimate of drug-likeness (QED) is 0.718. The van der Waals surface area contributed by atoms with E-state index < -0.39 is 11.9 Å². The maximum absolute atomic E-state index is 11.6. The smallest absolute Gasteiger partial charge is 0.549 e. The van der Waals surface area contributed by atoms with Crippen LogP contribution in [0.1, 0.15) is 17.9 Å². The van der Waals surface area contributed by atoms with Crippen molar-refractivity contribution < 1.29 is 44.2 Å². The number of carbonyl (C=O) groups excluding carboxylic acids is 1. The normalized spacial score (nSPS) is 17.5. The Balaban J connectivity index is 0.00000176. The Hall–Kier alpha value is -1.55. The van der Waals surface area contributed by atoms with Gasteiger partial charge in [0, 0.05) is 18.3 Å². The first-order valence-electron chi connectivity index (χ1n) is 6.93. The van der Waals surface area contributed by atoms with Gasteiger partial charge < -0.3 is 14.6 Å². The molecule has 2 aromatic carbocycles. The molecule has 22 heavy (non-hydrogen) atoms. The second kappa shape index (κ2) is 7.63. The van der Waals surface area contributed by atoms with Crippen LogP contribution in [-0.4, -0.2) is 12.1 Å². The van der Waals surface area contributed by atoms with E-state index in [1.54, 1.807) is 12.3 Å². The van der Waals surface area contributed by atoms with Gasteiger partial charge in [0.1, 0.15) is 6.10 Å². The summed E-state index contributed by atoms with van der Waals surface area (Å²) in [4.78, 5) is 11.6. The first-order chi connectivity index (χ1) is 10.3. The van der Waals surface area contributed by atoms with Gasteiger partial charge in [-0.25, -0.2) is 0 Å². The van der Waals surface area contributed by atoms with Crippen molar-refractivity contribution >= 4 is 16.7 Å². The summed E-state index contributed by atoms with van der Waals surface area (Å²) in [6, 6.07) is 13.5. The average Bonchev–Trinajstić information content (AvgIpc) is 2.53. The van der Waals surface area contributed by atoms with Crippen LogP contribution in [-0.2, 0) is 9.53 Å². The molecule has 1 heterocycles.